The average molecular weight is 379 g/mol. The first-order chi connectivity index (χ1) is 12.4. The van der Waals surface area contributed by atoms with Crippen molar-refractivity contribution in [3.8, 4) is 0 Å². The van der Waals surface area contributed by atoms with Crippen molar-refractivity contribution in [3.05, 3.63) is 46.8 Å². The van der Waals surface area contributed by atoms with Crippen LogP contribution in [0, 0.1) is 25.5 Å². The fourth-order valence-corrected chi connectivity index (χ4v) is 3.64. The molecule has 0 aliphatic heterocycles. The highest BCUT2D eigenvalue weighted by molar-refractivity contribution is 7.99. The first-order valence-electron chi connectivity index (χ1n) is 8.07. The number of nitrogens with zero attached hydrogens (tertiary/aromatic N) is 2. The number of Topliss-reactive ketones (excluding diaryl/α,β-unsaturated/α-hetero) is 1. The summed E-state index contributed by atoms with van der Waals surface area (Å²) in [6.45, 7) is 5.13. The molecule has 0 saturated carbocycles. The number of H-pyrrole nitrogens is 1. The van der Waals surface area contributed by atoms with Gasteiger partial charge in [0.15, 0.2) is 22.6 Å². The summed E-state index contributed by atoms with van der Waals surface area (Å²) in [5.41, 5.74) is 3.30. The largest absolute Gasteiger partial charge is 0.383 e. The van der Waals surface area contributed by atoms with Crippen LogP contribution in [0.5, 0.6) is 0 Å². The van der Waals surface area contributed by atoms with Crippen LogP contribution >= 0.6 is 11.8 Å². The number of carbonyl (C=O) groups excluding carboxylic acids is 1. The number of benzene rings is 1. The number of hydrogen-bond acceptors (Lipinski definition) is 4. The van der Waals surface area contributed by atoms with Crippen LogP contribution in [0.1, 0.15) is 21.7 Å². The number of halogens is 2. The highest BCUT2D eigenvalue weighted by Gasteiger charge is 2.17. The van der Waals surface area contributed by atoms with Crippen LogP contribution < -0.4 is 0 Å². The number of imidazole rings is 1. The van der Waals surface area contributed by atoms with E-state index in [2.05, 4.69) is 9.97 Å². The van der Waals surface area contributed by atoms with E-state index in [-0.39, 0.29) is 11.5 Å². The van der Waals surface area contributed by atoms with Gasteiger partial charge in [-0.3, -0.25) is 4.79 Å². The Hall–Kier alpha value is -2.19. The minimum Gasteiger partial charge on any atom is -0.383 e. The predicted octanol–water partition coefficient (Wildman–Crippen LogP) is 3.88. The predicted molar refractivity (Wildman–Crippen MR) is 96.8 cm³/mol. The van der Waals surface area contributed by atoms with Crippen molar-refractivity contribution in [2.24, 2.45) is 0 Å². The first kappa shape index (κ1) is 18.6. The number of hydrogen-bond donors (Lipinski definition) is 1. The second-order valence-corrected chi connectivity index (χ2v) is 6.93. The molecule has 3 rings (SSSR count). The molecule has 0 unspecified atom stereocenters. The smallest absolute Gasteiger partial charge is 0.175 e. The number of rotatable bonds is 7. The molecule has 0 aliphatic carbocycles. The molecule has 1 aromatic carbocycles. The molecule has 0 aliphatic rings. The van der Waals surface area contributed by atoms with Crippen LogP contribution in [0.15, 0.2) is 23.4 Å². The first-order valence-corrected chi connectivity index (χ1v) is 9.05. The van der Waals surface area contributed by atoms with Crippen molar-refractivity contribution in [2.45, 2.75) is 25.5 Å². The summed E-state index contributed by atoms with van der Waals surface area (Å²) in [6.07, 6.45) is 0. The van der Waals surface area contributed by atoms with E-state index in [1.165, 1.54) is 11.8 Å². The van der Waals surface area contributed by atoms with Crippen LogP contribution in [0.25, 0.3) is 11.0 Å². The van der Waals surface area contributed by atoms with E-state index in [0.717, 1.165) is 23.5 Å². The number of aryl methyl sites for hydroxylation is 1. The number of carbonyl (C=O) groups is 1. The molecule has 0 spiro atoms. The fraction of sp³-hybridized carbons (Fsp3) is 0.333. The number of methoxy groups -OCH3 is 1. The molecule has 1 N–H and O–H groups in total. The SMILES string of the molecule is COCCn1c(C)cc(C(=O)CSc2nc3cc(F)c(F)cc3[nH]2)c1C. The van der Waals surface area contributed by atoms with Crippen molar-refractivity contribution < 1.29 is 18.3 Å². The van der Waals surface area contributed by atoms with Crippen molar-refractivity contribution >= 4 is 28.6 Å². The van der Waals surface area contributed by atoms with Gasteiger partial charge in [-0.05, 0) is 19.9 Å². The van der Waals surface area contributed by atoms with E-state index in [0.29, 0.717) is 34.9 Å². The van der Waals surface area contributed by atoms with Crippen molar-refractivity contribution in [3.63, 3.8) is 0 Å². The molecule has 26 heavy (non-hydrogen) atoms. The highest BCUT2D eigenvalue weighted by Crippen LogP contribution is 2.24. The van der Waals surface area contributed by atoms with E-state index < -0.39 is 11.6 Å². The Kier molecular flexibility index (Phi) is 5.43. The molecule has 0 radical (unpaired) electrons. The molecule has 0 fully saturated rings. The third-order valence-electron chi connectivity index (χ3n) is 4.24. The maximum absolute atomic E-state index is 13.3. The Balaban J connectivity index is 1.73. The highest BCUT2D eigenvalue weighted by atomic mass is 32.2. The lowest BCUT2D eigenvalue weighted by Crippen LogP contribution is -2.09. The molecule has 5 nitrogen and oxygen atoms in total. The third kappa shape index (κ3) is 3.66. The zero-order valence-electron chi connectivity index (χ0n) is 14.7. The van der Waals surface area contributed by atoms with E-state index in [1.807, 2.05) is 24.5 Å². The standard InChI is InChI=1S/C18H19F2N3O2S/c1-10-6-12(11(2)23(10)4-5-25-3)17(24)9-26-18-21-15-7-13(19)14(20)8-16(15)22-18/h6-8H,4-5,9H2,1-3H3,(H,21,22). The molecule has 0 saturated heterocycles. The summed E-state index contributed by atoms with van der Waals surface area (Å²) in [6, 6.07) is 3.97. The zero-order valence-corrected chi connectivity index (χ0v) is 15.5. The number of fused-ring (bicyclic) bond motifs is 1. The maximum Gasteiger partial charge on any atom is 0.175 e. The minimum absolute atomic E-state index is 0.0235. The lowest BCUT2D eigenvalue weighted by Gasteiger charge is -2.08. The molecule has 0 amide bonds. The van der Waals surface area contributed by atoms with Gasteiger partial charge in [0.1, 0.15) is 0 Å². The molecular weight excluding hydrogens is 360 g/mol. The summed E-state index contributed by atoms with van der Waals surface area (Å²) >= 11 is 1.21. The number of aromatic amines is 1. The maximum atomic E-state index is 13.3. The van der Waals surface area contributed by atoms with Gasteiger partial charge in [-0.1, -0.05) is 11.8 Å². The van der Waals surface area contributed by atoms with Crippen molar-refractivity contribution in [1.82, 2.24) is 14.5 Å². The molecule has 2 aromatic heterocycles. The van der Waals surface area contributed by atoms with Gasteiger partial charge in [0.2, 0.25) is 0 Å². The van der Waals surface area contributed by atoms with E-state index >= 15 is 0 Å². The normalized spacial score (nSPS) is 11.4. The molecule has 138 valence electrons. The van der Waals surface area contributed by atoms with Gasteiger partial charge >= 0.3 is 0 Å². The molecule has 8 heteroatoms. The van der Waals surface area contributed by atoms with Gasteiger partial charge in [0.05, 0.1) is 23.4 Å². The summed E-state index contributed by atoms with van der Waals surface area (Å²) in [4.78, 5) is 19.7. The van der Waals surface area contributed by atoms with Crippen LogP contribution in [-0.2, 0) is 11.3 Å². The van der Waals surface area contributed by atoms with Gasteiger partial charge in [-0.15, -0.1) is 0 Å². The van der Waals surface area contributed by atoms with Crippen molar-refractivity contribution in [2.75, 3.05) is 19.5 Å². The van der Waals surface area contributed by atoms with Gasteiger partial charge < -0.3 is 14.3 Å². The Morgan fingerprint density at radius 2 is 2.00 bits per heavy atom. The molecule has 2 heterocycles. The van der Waals surface area contributed by atoms with E-state index in [4.69, 9.17) is 4.74 Å². The monoisotopic (exact) mass is 379 g/mol. The van der Waals surface area contributed by atoms with Gasteiger partial charge in [-0.25, -0.2) is 13.8 Å². The molecule has 0 atom stereocenters. The summed E-state index contributed by atoms with van der Waals surface area (Å²) in [5, 5.41) is 0.451. The van der Waals surface area contributed by atoms with Gasteiger partial charge in [-0.2, -0.15) is 0 Å². The quantitative estimate of drug-likeness (QED) is 0.500. The van der Waals surface area contributed by atoms with E-state index in [9.17, 15) is 13.6 Å². The van der Waals surface area contributed by atoms with Crippen molar-refractivity contribution in [1.29, 1.82) is 0 Å². The lowest BCUT2D eigenvalue weighted by molar-refractivity contribution is 0.102. The third-order valence-corrected chi connectivity index (χ3v) is 5.11. The van der Waals surface area contributed by atoms with Crippen LogP contribution in [-0.4, -0.2) is 39.8 Å². The second kappa shape index (κ2) is 7.59. The number of nitrogens with one attached hydrogen (secondary N) is 1. The van der Waals surface area contributed by atoms with Gasteiger partial charge in [0.25, 0.3) is 0 Å². The Morgan fingerprint density at radius 3 is 2.73 bits per heavy atom. The fourth-order valence-electron chi connectivity index (χ4n) is 2.87. The lowest BCUT2D eigenvalue weighted by atomic mass is 10.2. The molecular formula is C18H19F2N3O2S. The Labute approximate surface area is 153 Å². The number of ether oxygens (including phenoxy) is 1. The Bertz CT molecular complexity index is 926. The van der Waals surface area contributed by atoms with Crippen LogP contribution in [0.3, 0.4) is 0 Å². The van der Waals surface area contributed by atoms with Gasteiger partial charge in [0, 0.05) is 42.7 Å². The minimum atomic E-state index is -0.944. The molecule has 3 aromatic rings. The van der Waals surface area contributed by atoms with Crippen LogP contribution in [0.2, 0.25) is 0 Å². The number of aromatic nitrogens is 3. The van der Waals surface area contributed by atoms with Crippen LogP contribution in [0.4, 0.5) is 8.78 Å². The summed E-state index contributed by atoms with van der Waals surface area (Å²) in [7, 11) is 1.64. The second-order valence-electron chi connectivity index (χ2n) is 5.97. The zero-order chi connectivity index (χ0) is 18.8. The van der Waals surface area contributed by atoms with E-state index in [1.54, 1.807) is 7.11 Å². The average Bonchev–Trinajstić information content (AvgIpc) is 3.12. The Morgan fingerprint density at radius 1 is 1.27 bits per heavy atom. The number of ketones is 1. The summed E-state index contributed by atoms with van der Waals surface area (Å²) in [5.74, 6) is -1.72. The number of thioether (sulfide) groups is 1. The topological polar surface area (TPSA) is 59.9 Å². The molecule has 0 bridgehead atoms. The summed E-state index contributed by atoms with van der Waals surface area (Å²) < 4.78 is 33.7.